The highest BCUT2D eigenvalue weighted by Gasteiger charge is 2.31. The van der Waals surface area contributed by atoms with Crippen LogP contribution < -0.4 is 0 Å². The molecule has 8 heteroatoms. The zero-order chi connectivity index (χ0) is 16.3. The molecule has 1 aromatic carbocycles. The second-order valence-corrected chi connectivity index (χ2v) is 5.34. The van der Waals surface area contributed by atoms with Crippen LogP contribution in [0.1, 0.15) is 18.4 Å². The van der Waals surface area contributed by atoms with Gasteiger partial charge in [-0.2, -0.15) is 13.2 Å². The van der Waals surface area contributed by atoms with Crippen molar-refractivity contribution in [3.8, 4) is 0 Å². The molecule has 0 bridgehead atoms. The Hall–Kier alpha value is -1.84. The van der Waals surface area contributed by atoms with Crippen LogP contribution in [0.3, 0.4) is 0 Å². The van der Waals surface area contributed by atoms with E-state index >= 15 is 0 Å². The largest absolute Gasteiger partial charge is 0.436 e. The molecule has 22 heavy (non-hydrogen) atoms. The molecule has 1 N–H and O–H groups in total. The molecule has 0 amide bonds. The number of oxime groups is 1. The van der Waals surface area contributed by atoms with Crippen molar-refractivity contribution >= 4 is 45.5 Å². The Bertz CT molecular complexity index is 776. The first-order valence-corrected chi connectivity index (χ1v) is 7.12. The lowest BCUT2D eigenvalue weighted by molar-refractivity contribution is -0.137. The topological polar surface area (TPSA) is 58.6 Å². The van der Waals surface area contributed by atoms with Crippen molar-refractivity contribution in [3.05, 3.63) is 45.4 Å². The van der Waals surface area contributed by atoms with Crippen molar-refractivity contribution < 1.29 is 22.8 Å². The van der Waals surface area contributed by atoms with E-state index in [-0.39, 0.29) is 17.0 Å². The Balaban J connectivity index is 2.56. The van der Waals surface area contributed by atoms with Gasteiger partial charge >= 0.3 is 6.18 Å². The Morgan fingerprint density at radius 3 is 2.73 bits per heavy atom. The summed E-state index contributed by atoms with van der Waals surface area (Å²) in [6.07, 6.45) is -0.0778. The number of oxazole rings is 1. The van der Waals surface area contributed by atoms with Gasteiger partial charge in [-0.25, -0.2) is 4.98 Å². The fraction of sp³-hybridized carbons (Fsp3) is 0.143. The summed E-state index contributed by atoms with van der Waals surface area (Å²) in [5.74, 6) is 0.150. The van der Waals surface area contributed by atoms with E-state index in [1.165, 1.54) is 12.1 Å². The van der Waals surface area contributed by atoms with Gasteiger partial charge in [-0.05, 0) is 53.8 Å². The third-order valence-corrected chi connectivity index (χ3v) is 3.97. The highest BCUT2D eigenvalue weighted by molar-refractivity contribution is 14.1. The fourth-order valence-electron chi connectivity index (χ4n) is 1.74. The van der Waals surface area contributed by atoms with E-state index in [2.05, 4.69) is 10.1 Å². The maximum absolute atomic E-state index is 12.7. The Morgan fingerprint density at radius 1 is 1.41 bits per heavy atom. The number of allylic oxidation sites excluding steroid dienone is 4. The van der Waals surface area contributed by atoms with E-state index in [1.54, 1.807) is 13.0 Å². The first-order chi connectivity index (χ1) is 10.4. The maximum atomic E-state index is 12.7. The summed E-state index contributed by atoms with van der Waals surface area (Å²) in [6, 6.07) is 3.11. The van der Waals surface area contributed by atoms with Crippen LogP contribution in [0.15, 0.2) is 43.5 Å². The van der Waals surface area contributed by atoms with Crippen LogP contribution in [0.2, 0.25) is 0 Å². The fourth-order valence-corrected chi connectivity index (χ4v) is 2.15. The first kappa shape index (κ1) is 16.5. The summed E-state index contributed by atoms with van der Waals surface area (Å²) in [5.41, 5.74) is 0.0702. The number of halogens is 4. The molecule has 0 unspecified atom stereocenters. The highest BCUT2D eigenvalue weighted by Crippen LogP contribution is 2.33. The molecule has 1 aromatic heterocycles. The predicted octanol–water partition coefficient (Wildman–Crippen LogP) is 5.03. The van der Waals surface area contributed by atoms with Gasteiger partial charge < -0.3 is 9.62 Å². The zero-order valence-electron chi connectivity index (χ0n) is 11.2. The zero-order valence-corrected chi connectivity index (χ0v) is 13.4. The summed E-state index contributed by atoms with van der Waals surface area (Å²) in [5, 5.41) is 11.4. The minimum absolute atomic E-state index is 0.108. The van der Waals surface area contributed by atoms with Crippen LogP contribution in [0.5, 0.6) is 0 Å². The van der Waals surface area contributed by atoms with Gasteiger partial charge in [0.25, 0.3) is 0 Å². The van der Waals surface area contributed by atoms with E-state index < -0.39 is 11.7 Å². The Labute approximate surface area is 137 Å². The molecule has 0 radical (unpaired) electrons. The molecule has 0 aliphatic rings. The van der Waals surface area contributed by atoms with Gasteiger partial charge in [0.2, 0.25) is 5.89 Å². The van der Waals surface area contributed by atoms with Crippen LogP contribution in [-0.2, 0) is 6.18 Å². The third-order valence-electron chi connectivity index (χ3n) is 2.76. The van der Waals surface area contributed by atoms with Gasteiger partial charge in [0.1, 0.15) is 5.52 Å². The molecule has 1 heterocycles. The molecule has 0 atom stereocenters. The molecule has 2 aromatic rings. The summed E-state index contributed by atoms with van der Waals surface area (Å²) in [7, 11) is 0. The summed E-state index contributed by atoms with van der Waals surface area (Å²) in [4.78, 5) is 4.09. The van der Waals surface area contributed by atoms with Crippen LogP contribution in [0.25, 0.3) is 16.7 Å². The molecular formula is C14H10F3IN2O2. The number of benzene rings is 1. The van der Waals surface area contributed by atoms with E-state index in [0.29, 0.717) is 5.57 Å². The van der Waals surface area contributed by atoms with Crippen molar-refractivity contribution in [2.24, 2.45) is 5.16 Å². The number of hydrogen-bond donors (Lipinski definition) is 1. The Kier molecular flexibility index (Phi) is 4.89. The average Bonchev–Trinajstić information content (AvgIpc) is 2.88. The van der Waals surface area contributed by atoms with Crippen molar-refractivity contribution in [1.82, 2.24) is 4.98 Å². The lowest BCUT2D eigenvalue weighted by Gasteiger charge is -2.04. The second-order valence-electron chi connectivity index (χ2n) is 4.18. The molecule has 4 nitrogen and oxygen atoms in total. The SMILES string of the molecule is C\C=C(I)/C(=C\C=N\O)c1nc2cc(C(F)(F)F)ccc2o1. The van der Waals surface area contributed by atoms with Gasteiger partial charge in [0.15, 0.2) is 5.58 Å². The van der Waals surface area contributed by atoms with Crippen LogP contribution in [0, 0.1) is 0 Å². The second kappa shape index (κ2) is 6.51. The number of fused-ring (bicyclic) bond motifs is 1. The predicted molar refractivity (Wildman–Crippen MR) is 85.0 cm³/mol. The lowest BCUT2D eigenvalue weighted by Crippen LogP contribution is -2.03. The molecule has 0 spiro atoms. The third kappa shape index (κ3) is 3.49. The minimum Gasteiger partial charge on any atom is -0.436 e. The standard InChI is InChI=1S/C14H10F3IN2O2/c1-2-10(18)9(5-6-19-21)13-20-11-7-8(14(15,16)17)3-4-12(11)22-13/h2-7,21H,1H3/b9-5+,10-2+,19-6+. The maximum Gasteiger partial charge on any atom is 0.416 e. The first-order valence-electron chi connectivity index (χ1n) is 6.05. The lowest BCUT2D eigenvalue weighted by atomic mass is 10.2. The average molecular weight is 422 g/mol. The molecule has 0 saturated carbocycles. The molecule has 2 rings (SSSR count). The molecule has 0 saturated heterocycles. The highest BCUT2D eigenvalue weighted by atomic mass is 127. The van der Waals surface area contributed by atoms with E-state index in [4.69, 9.17) is 9.62 Å². The summed E-state index contributed by atoms with van der Waals surface area (Å²) in [6.45, 7) is 1.79. The quantitative estimate of drug-likeness (QED) is 0.248. The number of hydrogen-bond acceptors (Lipinski definition) is 4. The number of rotatable bonds is 3. The van der Waals surface area contributed by atoms with Gasteiger partial charge in [-0.1, -0.05) is 11.2 Å². The van der Waals surface area contributed by atoms with Crippen molar-refractivity contribution in [2.75, 3.05) is 0 Å². The van der Waals surface area contributed by atoms with Crippen LogP contribution in [-0.4, -0.2) is 16.4 Å². The van der Waals surface area contributed by atoms with Gasteiger partial charge in [0.05, 0.1) is 17.4 Å². The monoisotopic (exact) mass is 422 g/mol. The van der Waals surface area contributed by atoms with Crippen LogP contribution >= 0.6 is 22.6 Å². The molecule has 0 fully saturated rings. The number of nitrogens with zero attached hydrogens (tertiary/aromatic N) is 2. The number of alkyl halides is 3. The summed E-state index contributed by atoms with van der Waals surface area (Å²) < 4.78 is 44.3. The van der Waals surface area contributed by atoms with Crippen LogP contribution in [0.4, 0.5) is 13.2 Å². The van der Waals surface area contributed by atoms with Crippen molar-refractivity contribution in [1.29, 1.82) is 0 Å². The van der Waals surface area contributed by atoms with Gasteiger partial charge in [-0.3, -0.25) is 0 Å². The molecule has 0 aliphatic carbocycles. The smallest absolute Gasteiger partial charge is 0.416 e. The Morgan fingerprint density at radius 2 is 2.14 bits per heavy atom. The van der Waals surface area contributed by atoms with E-state index in [1.807, 2.05) is 22.6 Å². The molecule has 0 aliphatic heterocycles. The van der Waals surface area contributed by atoms with Gasteiger partial charge in [-0.15, -0.1) is 0 Å². The normalized spacial score (nSPS) is 14.2. The molecular weight excluding hydrogens is 412 g/mol. The minimum atomic E-state index is -4.44. The number of aromatic nitrogens is 1. The van der Waals surface area contributed by atoms with E-state index in [0.717, 1.165) is 21.9 Å². The molecule has 116 valence electrons. The van der Waals surface area contributed by atoms with Crippen molar-refractivity contribution in [2.45, 2.75) is 13.1 Å². The van der Waals surface area contributed by atoms with Crippen molar-refractivity contribution in [3.63, 3.8) is 0 Å². The summed E-state index contributed by atoms with van der Waals surface area (Å²) >= 11 is 2.02. The van der Waals surface area contributed by atoms with E-state index in [9.17, 15) is 13.2 Å². The van der Waals surface area contributed by atoms with Gasteiger partial charge in [0, 0.05) is 3.58 Å².